The van der Waals surface area contributed by atoms with E-state index in [9.17, 15) is 4.79 Å². The van der Waals surface area contributed by atoms with Crippen molar-refractivity contribution in [1.82, 2.24) is 20.4 Å². The number of carbonyl (C=O) groups is 1. The van der Waals surface area contributed by atoms with Crippen molar-refractivity contribution in [3.8, 4) is 0 Å². The zero-order chi connectivity index (χ0) is 16.2. The number of benzene rings is 2. The predicted molar refractivity (Wildman–Crippen MR) is 89.7 cm³/mol. The van der Waals surface area contributed by atoms with Crippen molar-refractivity contribution in [2.24, 2.45) is 5.10 Å². The summed E-state index contributed by atoms with van der Waals surface area (Å²) in [7, 11) is 0. The van der Waals surface area contributed by atoms with Gasteiger partial charge in [0.15, 0.2) is 0 Å². The molecule has 1 amide bonds. The minimum Gasteiger partial charge on any atom is -0.271 e. The van der Waals surface area contributed by atoms with E-state index >= 15 is 0 Å². The number of amides is 1. The van der Waals surface area contributed by atoms with E-state index in [1.807, 2.05) is 24.3 Å². The summed E-state index contributed by atoms with van der Waals surface area (Å²) < 4.78 is 1.51. The Hall–Kier alpha value is -2.44. The lowest BCUT2D eigenvalue weighted by atomic mass is 10.2. The molecule has 8 heteroatoms. The first-order valence-corrected chi connectivity index (χ1v) is 7.45. The number of aromatic nitrogens is 3. The van der Waals surface area contributed by atoms with Gasteiger partial charge in [0.2, 0.25) is 0 Å². The number of fused-ring (bicyclic) bond motifs is 1. The molecule has 23 heavy (non-hydrogen) atoms. The molecule has 2 aromatic carbocycles. The van der Waals surface area contributed by atoms with Gasteiger partial charge >= 0.3 is 0 Å². The molecular formula is C15H11Cl2N5O. The molecule has 0 atom stereocenters. The van der Waals surface area contributed by atoms with Gasteiger partial charge in [0, 0.05) is 5.56 Å². The minimum atomic E-state index is -0.324. The van der Waals surface area contributed by atoms with Crippen LogP contribution < -0.4 is 5.43 Å². The van der Waals surface area contributed by atoms with E-state index in [1.54, 1.807) is 18.2 Å². The summed E-state index contributed by atoms with van der Waals surface area (Å²) in [5, 5.41) is 12.6. The van der Waals surface area contributed by atoms with E-state index in [1.165, 1.54) is 10.9 Å². The van der Waals surface area contributed by atoms with Crippen LogP contribution >= 0.6 is 23.2 Å². The third-order valence-corrected chi connectivity index (χ3v) is 3.92. The average Bonchev–Trinajstić information content (AvgIpc) is 2.95. The molecule has 1 heterocycles. The highest BCUT2D eigenvalue weighted by molar-refractivity contribution is 6.43. The first-order chi connectivity index (χ1) is 11.1. The second-order valence-corrected chi connectivity index (χ2v) is 5.46. The number of rotatable bonds is 4. The molecule has 0 saturated carbocycles. The Morgan fingerprint density at radius 2 is 2.04 bits per heavy atom. The van der Waals surface area contributed by atoms with Crippen molar-refractivity contribution in [3.05, 3.63) is 58.1 Å². The van der Waals surface area contributed by atoms with Gasteiger partial charge < -0.3 is 0 Å². The number of halogens is 2. The zero-order valence-electron chi connectivity index (χ0n) is 11.8. The lowest BCUT2D eigenvalue weighted by Gasteiger charge is -2.02. The lowest BCUT2D eigenvalue weighted by molar-refractivity contribution is -0.121. The highest BCUT2D eigenvalue weighted by Gasteiger charge is 2.07. The molecule has 1 aromatic heterocycles. The Labute approximate surface area is 141 Å². The van der Waals surface area contributed by atoms with E-state index in [-0.39, 0.29) is 12.5 Å². The van der Waals surface area contributed by atoms with Crippen LogP contribution in [0.4, 0.5) is 0 Å². The Morgan fingerprint density at radius 3 is 2.91 bits per heavy atom. The highest BCUT2D eigenvalue weighted by Crippen LogP contribution is 2.24. The van der Waals surface area contributed by atoms with Crippen LogP contribution in [-0.4, -0.2) is 27.1 Å². The molecule has 0 spiro atoms. The van der Waals surface area contributed by atoms with Gasteiger partial charge in [0.1, 0.15) is 12.1 Å². The van der Waals surface area contributed by atoms with Crippen molar-refractivity contribution in [2.75, 3.05) is 0 Å². The summed E-state index contributed by atoms with van der Waals surface area (Å²) in [4.78, 5) is 11.9. The van der Waals surface area contributed by atoms with Crippen LogP contribution in [0.1, 0.15) is 5.56 Å². The third kappa shape index (κ3) is 3.49. The fourth-order valence-electron chi connectivity index (χ4n) is 2.00. The van der Waals surface area contributed by atoms with Crippen LogP contribution in [0.25, 0.3) is 11.0 Å². The smallest absolute Gasteiger partial charge is 0.261 e. The molecule has 3 aromatic rings. The summed E-state index contributed by atoms with van der Waals surface area (Å²) >= 11 is 11.9. The van der Waals surface area contributed by atoms with Crippen molar-refractivity contribution in [2.45, 2.75) is 6.54 Å². The Balaban J connectivity index is 1.66. The second-order valence-electron chi connectivity index (χ2n) is 4.67. The van der Waals surface area contributed by atoms with Gasteiger partial charge in [0.25, 0.3) is 5.91 Å². The maximum Gasteiger partial charge on any atom is 0.261 e. The Morgan fingerprint density at radius 1 is 1.22 bits per heavy atom. The molecule has 116 valence electrons. The highest BCUT2D eigenvalue weighted by atomic mass is 35.5. The fourth-order valence-corrected chi connectivity index (χ4v) is 2.36. The van der Waals surface area contributed by atoms with Gasteiger partial charge in [-0.1, -0.05) is 52.7 Å². The lowest BCUT2D eigenvalue weighted by Crippen LogP contribution is -2.23. The van der Waals surface area contributed by atoms with Crippen LogP contribution in [-0.2, 0) is 11.3 Å². The monoisotopic (exact) mass is 347 g/mol. The molecular weight excluding hydrogens is 337 g/mol. The van der Waals surface area contributed by atoms with Crippen molar-refractivity contribution >= 4 is 46.4 Å². The first kappa shape index (κ1) is 15.5. The Bertz CT molecular complexity index is 890. The third-order valence-electron chi connectivity index (χ3n) is 3.09. The van der Waals surface area contributed by atoms with Crippen LogP contribution in [0, 0.1) is 0 Å². The van der Waals surface area contributed by atoms with Crippen molar-refractivity contribution in [3.63, 3.8) is 0 Å². The van der Waals surface area contributed by atoms with Gasteiger partial charge in [0.05, 0.1) is 21.8 Å². The molecule has 0 aliphatic carbocycles. The maximum absolute atomic E-state index is 11.9. The molecule has 0 bridgehead atoms. The largest absolute Gasteiger partial charge is 0.271 e. The first-order valence-electron chi connectivity index (χ1n) is 6.69. The van der Waals surface area contributed by atoms with E-state index < -0.39 is 0 Å². The van der Waals surface area contributed by atoms with Gasteiger partial charge in [-0.2, -0.15) is 5.10 Å². The molecule has 0 radical (unpaired) electrons. The quantitative estimate of drug-likeness (QED) is 0.582. The van der Waals surface area contributed by atoms with Crippen LogP contribution in [0.5, 0.6) is 0 Å². The van der Waals surface area contributed by atoms with Gasteiger partial charge in [-0.3, -0.25) is 4.79 Å². The average molecular weight is 348 g/mol. The van der Waals surface area contributed by atoms with Gasteiger partial charge in [-0.15, -0.1) is 5.10 Å². The molecule has 1 N–H and O–H groups in total. The van der Waals surface area contributed by atoms with E-state index in [0.29, 0.717) is 15.6 Å². The van der Waals surface area contributed by atoms with Gasteiger partial charge in [-0.25, -0.2) is 10.1 Å². The van der Waals surface area contributed by atoms with Crippen molar-refractivity contribution < 1.29 is 4.79 Å². The molecule has 3 rings (SSSR count). The molecule has 0 unspecified atom stereocenters. The van der Waals surface area contributed by atoms with Crippen LogP contribution in [0.3, 0.4) is 0 Å². The van der Waals surface area contributed by atoms with Crippen LogP contribution in [0.15, 0.2) is 47.6 Å². The molecule has 0 saturated heterocycles. The minimum absolute atomic E-state index is 0.0150. The number of nitrogens with zero attached hydrogens (tertiary/aromatic N) is 4. The number of carbonyl (C=O) groups excluding carboxylic acids is 1. The number of hydrogen-bond donors (Lipinski definition) is 1. The van der Waals surface area contributed by atoms with E-state index in [0.717, 1.165) is 11.0 Å². The summed E-state index contributed by atoms with van der Waals surface area (Å²) in [6.45, 7) is 0.0150. The number of nitrogens with one attached hydrogen (secondary N) is 1. The number of hydrogen-bond acceptors (Lipinski definition) is 4. The maximum atomic E-state index is 11.9. The second kappa shape index (κ2) is 6.76. The SMILES string of the molecule is O=C(Cn1nnc2ccccc21)N/N=C\c1cccc(Cl)c1Cl. The van der Waals surface area contributed by atoms with Crippen molar-refractivity contribution in [1.29, 1.82) is 0 Å². The van der Waals surface area contributed by atoms with Gasteiger partial charge in [-0.05, 0) is 18.2 Å². The molecule has 0 aliphatic heterocycles. The zero-order valence-corrected chi connectivity index (χ0v) is 13.3. The normalized spacial score (nSPS) is 11.2. The number of para-hydroxylation sites is 1. The van der Waals surface area contributed by atoms with Crippen LogP contribution in [0.2, 0.25) is 10.0 Å². The summed E-state index contributed by atoms with van der Waals surface area (Å²) in [5.41, 5.74) is 4.55. The predicted octanol–water partition coefficient (Wildman–Crippen LogP) is 2.89. The van der Waals surface area contributed by atoms with E-state index in [2.05, 4.69) is 20.8 Å². The summed E-state index contributed by atoms with van der Waals surface area (Å²) in [6.07, 6.45) is 1.44. The molecule has 0 aliphatic rings. The summed E-state index contributed by atoms with van der Waals surface area (Å²) in [6, 6.07) is 12.6. The molecule has 0 fully saturated rings. The standard InChI is InChI=1S/C15H11Cl2N5O/c16-11-5-3-4-10(15(11)17)8-18-20-14(23)9-22-13-7-2-1-6-12(13)19-21-22/h1-8H,9H2,(H,20,23)/b18-8-. The summed E-state index contributed by atoms with van der Waals surface area (Å²) in [5.74, 6) is -0.324. The topological polar surface area (TPSA) is 72.2 Å². The van der Waals surface area contributed by atoms with E-state index in [4.69, 9.17) is 23.2 Å². The fraction of sp³-hybridized carbons (Fsp3) is 0.0667. The molecule has 6 nitrogen and oxygen atoms in total. The number of hydrazone groups is 1. The Kier molecular flexibility index (Phi) is 4.55.